The standard InChI is InChI=1S/C30H32N2O2S/c1-20-8-10-23(11-9-20)30(33)31-27-25-6-4-5-7-26(25)34-29(27)28(32-18-16-21(2)17-19-32)22-12-14-24(35-3)15-13-22/h4-15,21,28H,16-19H2,1-3H3,(H,31,33)/t28-/m1/s1. The topological polar surface area (TPSA) is 45.5 Å². The number of likely N-dealkylation sites (tertiary alicyclic amines) is 1. The van der Waals surface area contributed by atoms with Crippen molar-refractivity contribution in [2.24, 2.45) is 5.92 Å². The van der Waals surface area contributed by atoms with E-state index in [9.17, 15) is 4.79 Å². The number of thioether (sulfide) groups is 1. The van der Waals surface area contributed by atoms with Crippen molar-refractivity contribution in [3.05, 3.63) is 95.2 Å². The fourth-order valence-corrected chi connectivity index (χ4v) is 5.29. The lowest BCUT2D eigenvalue weighted by molar-refractivity contribution is 0.102. The summed E-state index contributed by atoms with van der Waals surface area (Å²) in [6.07, 6.45) is 4.41. The number of carbonyl (C=O) groups is 1. The Morgan fingerprint density at radius 2 is 1.69 bits per heavy atom. The molecule has 1 fully saturated rings. The molecule has 1 aromatic heterocycles. The van der Waals surface area contributed by atoms with Crippen LogP contribution in [0.2, 0.25) is 0 Å². The number of nitrogens with zero attached hydrogens (tertiary/aromatic N) is 1. The van der Waals surface area contributed by atoms with E-state index < -0.39 is 0 Å². The third kappa shape index (κ3) is 5.02. The van der Waals surface area contributed by atoms with E-state index in [1.165, 1.54) is 10.5 Å². The summed E-state index contributed by atoms with van der Waals surface area (Å²) in [5, 5.41) is 4.16. The summed E-state index contributed by atoms with van der Waals surface area (Å²) in [5.41, 5.74) is 4.51. The molecule has 4 nitrogen and oxygen atoms in total. The van der Waals surface area contributed by atoms with Gasteiger partial charge in [0.2, 0.25) is 0 Å². The number of benzene rings is 3. The van der Waals surface area contributed by atoms with Gasteiger partial charge >= 0.3 is 0 Å². The van der Waals surface area contributed by atoms with E-state index in [0.29, 0.717) is 5.56 Å². The van der Waals surface area contributed by atoms with Gasteiger partial charge in [-0.3, -0.25) is 9.69 Å². The molecule has 1 aliphatic heterocycles. The normalized spacial score (nSPS) is 15.9. The van der Waals surface area contributed by atoms with Crippen LogP contribution >= 0.6 is 11.8 Å². The molecule has 3 aromatic carbocycles. The van der Waals surface area contributed by atoms with Crippen molar-refractivity contribution in [2.75, 3.05) is 24.7 Å². The molecule has 0 spiro atoms. The van der Waals surface area contributed by atoms with Crippen LogP contribution in [0, 0.1) is 12.8 Å². The van der Waals surface area contributed by atoms with Crippen LogP contribution in [0.4, 0.5) is 5.69 Å². The number of rotatable bonds is 6. The Labute approximate surface area is 211 Å². The summed E-state index contributed by atoms with van der Waals surface area (Å²) < 4.78 is 6.55. The number of amides is 1. The molecule has 1 atom stereocenters. The summed E-state index contributed by atoms with van der Waals surface area (Å²) in [6.45, 7) is 6.35. The lowest BCUT2D eigenvalue weighted by Gasteiger charge is -2.36. The molecule has 0 aliphatic carbocycles. The number of para-hydroxylation sites is 1. The van der Waals surface area contributed by atoms with E-state index in [1.54, 1.807) is 11.8 Å². The van der Waals surface area contributed by atoms with Crippen LogP contribution in [0.1, 0.15) is 53.1 Å². The number of piperidine rings is 1. The highest BCUT2D eigenvalue weighted by Crippen LogP contribution is 2.42. The van der Waals surface area contributed by atoms with E-state index >= 15 is 0 Å². The van der Waals surface area contributed by atoms with E-state index in [0.717, 1.165) is 59.8 Å². The summed E-state index contributed by atoms with van der Waals surface area (Å²) >= 11 is 1.74. The van der Waals surface area contributed by atoms with Crippen LogP contribution in [0.5, 0.6) is 0 Å². The molecule has 1 saturated heterocycles. The highest BCUT2D eigenvalue weighted by molar-refractivity contribution is 7.98. The average molecular weight is 485 g/mol. The van der Waals surface area contributed by atoms with Crippen molar-refractivity contribution in [1.29, 1.82) is 0 Å². The van der Waals surface area contributed by atoms with E-state index in [4.69, 9.17) is 4.42 Å². The third-order valence-corrected chi connectivity index (χ3v) is 7.78. The van der Waals surface area contributed by atoms with Crippen LogP contribution in [0.15, 0.2) is 82.1 Å². The van der Waals surface area contributed by atoms with Gasteiger partial charge in [-0.05, 0) is 87.0 Å². The third-order valence-electron chi connectivity index (χ3n) is 7.04. The Morgan fingerprint density at radius 3 is 2.37 bits per heavy atom. The zero-order valence-corrected chi connectivity index (χ0v) is 21.4. The zero-order valence-electron chi connectivity index (χ0n) is 20.6. The molecule has 5 rings (SSSR count). The van der Waals surface area contributed by atoms with E-state index in [-0.39, 0.29) is 11.9 Å². The first kappa shape index (κ1) is 23.7. The molecule has 5 heteroatoms. The maximum Gasteiger partial charge on any atom is 0.255 e. The highest BCUT2D eigenvalue weighted by Gasteiger charge is 2.32. The van der Waals surface area contributed by atoms with Gasteiger partial charge in [0.1, 0.15) is 11.3 Å². The van der Waals surface area contributed by atoms with Crippen molar-refractivity contribution in [2.45, 2.75) is 37.6 Å². The minimum Gasteiger partial charge on any atom is -0.457 e. The first-order chi connectivity index (χ1) is 17.0. The Balaban J connectivity index is 1.60. The Hall–Kier alpha value is -3.02. The van der Waals surface area contributed by atoms with Crippen LogP contribution in [-0.2, 0) is 0 Å². The van der Waals surface area contributed by atoms with Crippen molar-refractivity contribution in [3.8, 4) is 0 Å². The van der Waals surface area contributed by atoms with E-state index in [2.05, 4.69) is 47.7 Å². The molecule has 180 valence electrons. The van der Waals surface area contributed by atoms with Gasteiger partial charge in [0.05, 0.1) is 11.7 Å². The number of anilines is 1. The number of carbonyl (C=O) groups excluding carboxylic acids is 1. The second kappa shape index (κ2) is 10.3. The van der Waals surface area contributed by atoms with Gasteiger partial charge in [-0.25, -0.2) is 0 Å². The number of hydrogen-bond donors (Lipinski definition) is 1. The first-order valence-corrected chi connectivity index (χ1v) is 13.5. The molecule has 2 heterocycles. The second-order valence-electron chi connectivity index (χ2n) is 9.55. The smallest absolute Gasteiger partial charge is 0.255 e. The zero-order chi connectivity index (χ0) is 24.4. The fraction of sp³-hybridized carbons (Fsp3) is 0.300. The molecule has 1 N–H and O–H groups in total. The van der Waals surface area contributed by atoms with Crippen LogP contribution < -0.4 is 5.32 Å². The van der Waals surface area contributed by atoms with Gasteiger partial charge < -0.3 is 9.73 Å². The molecule has 35 heavy (non-hydrogen) atoms. The SMILES string of the molecule is CSc1ccc([C@H](c2oc3ccccc3c2NC(=O)c2ccc(C)cc2)N2CCC(C)CC2)cc1. The number of aryl methyl sites for hydroxylation is 1. The number of fused-ring (bicyclic) bond motifs is 1. The lowest BCUT2D eigenvalue weighted by Crippen LogP contribution is -2.37. The van der Waals surface area contributed by atoms with Gasteiger partial charge in [0.25, 0.3) is 5.91 Å². The van der Waals surface area contributed by atoms with Crippen LogP contribution in [-0.4, -0.2) is 30.2 Å². The molecule has 0 unspecified atom stereocenters. The Bertz CT molecular complexity index is 1300. The summed E-state index contributed by atoms with van der Waals surface area (Å²) in [6, 6.07) is 24.3. The Morgan fingerprint density at radius 1 is 1.00 bits per heavy atom. The van der Waals surface area contributed by atoms with Gasteiger partial charge in [-0.1, -0.05) is 48.9 Å². The quantitative estimate of drug-likeness (QED) is 0.287. The predicted octanol–water partition coefficient (Wildman–Crippen LogP) is 7.54. The van der Waals surface area contributed by atoms with Crippen molar-refractivity contribution < 1.29 is 9.21 Å². The fourth-order valence-electron chi connectivity index (χ4n) is 4.88. The van der Waals surface area contributed by atoms with Gasteiger partial charge in [0.15, 0.2) is 0 Å². The van der Waals surface area contributed by atoms with E-state index in [1.807, 2.05) is 55.5 Å². The van der Waals surface area contributed by atoms with Crippen molar-refractivity contribution >= 4 is 34.3 Å². The predicted molar refractivity (Wildman–Crippen MR) is 145 cm³/mol. The van der Waals surface area contributed by atoms with Crippen molar-refractivity contribution in [3.63, 3.8) is 0 Å². The molecule has 0 radical (unpaired) electrons. The molecule has 1 aliphatic rings. The minimum absolute atomic E-state index is 0.0703. The monoisotopic (exact) mass is 484 g/mol. The highest BCUT2D eigenvalue weighted by atomic mass is 32.2. The molecule has 0 saturated carbocycles. The maximum atomic E-state index is 13.3. The largest absolute Gasteiger partial charge is 0.457 e. The van der Waals surface area contributed by atoms with Crippen LogP contribution in [0.3, 0.4) is 0 Å². The summed E-state index contributed by atoms with van der Waals surface area (Å²) in [5.74, 6) is 1.40. The maximum absolute atomic E-state index is 13.3. The second-order valence-corrected chi connectivity index (χ2v) is 10.4. The van der Waals surface area contributed by atoms with Crippen molar-refractivity contribution in [1.82, 2.24) is 4.90 Å². The molecule has 1 amide bonds. The molecular formula is C30H32N2O2S. The Kier molecular flexibility index (Phi) is 6.98. The number of furan rings is 1. The molecular weight excluding hydrogens is 452 g/mol. The lowest BCUT2D eigenvalue weighted by atomic mass is 9.94. The van der Waals surface area contributed by atoms with Gasteiger partial charge in [-0.15, -0.1) is 11.8 Å². The number of nitrogens with one attached hydrogen (secondary N) is 1. The molecule has 4 aromatic rings. The summed E-state index contributed by atoms with van der Waals surface area (Å²) in [7, 11) is 0. The van der Waals surface area contributed by atoms with Gasteiger partial charge in [-0.2, -0.15) is 0 Å². The minimum atomic E-state index is -0.124. The van der Waals surface area contributed by atoms with Crippen LogP contribution in [0.25, 0.3) is 11.0 Å². The first-order valence-electron chi connectivity index (χ1n) is 12.3. The van der Waals surface area contributed by atoms with Gasteiger partial charge in [0, 0.05) is 15.8 Å². The average Bonchev–Trinajstić information content (AvgIpc) is 3.24. The molecule has 0 bridgehead atoms. The summed E-state index contributed by atoms with van der Waals surface area (Å²) in [4.78, 5) is 17.1. The number of hydrogen-bond acceptors (Lipinski definition) is 4.